The second-order valence-corrected chi connectivity index (χ2v) is 7.37. The Morgan fingerprint density at radius 1 is 1.40 bits per heavy atom. The van der Waals surface area contributed by atoms with Crippen LogP contribution in [0.3, 0.4) is 0 Å². The third-order valence-electron chi connectivity index (χ3n) is 2.40. The Hall–Kier alpha value is 0.110. The number of aliphatic hydroxyl groups is 1. The lowest BCUT2D eigenvalue weighted by molar-refractivity contribution is 0.158. The largest absolute Gasteiger partial charge is 0.396 e. The topological polar surface area (TPSA) is 75.6 Å². The van der Waals surface area contributed by atoms with Gasteiger partial charge in [0.05, 0.1) is 16.7 Å². The fourth-order valence-corrected chi connectivity index (χ4v) is 4.79. The van der Waals surface area contributed by atoms with E-state index in [4.69, 9.17) is 33.0 Å². The zero-order valence-electron chi connectivity index (χ0n) is 10.6. The quantitative estimate of drug-likeness (QED) is 0.729. The van der Waals surface area contributed by atoms with E-state index < -0.39 is 16.1 Å². The molecule has 1 atom stereocenters. The number of sulfonamides is 1. The molecule has 9 heteroatoms. The van der Waals surface area contributed by atoms with Crippen LogP contribution in [-0.2, 0) is 14.8 Å². The first-order valence-corrected chi connectivity index (χ1v) is 8.61. The number of rotatable bonds is 7. The van der Waals surface area contributed by atoms with Crippen LogP contribution in [0.25, 0.3) is 0 Å². The summed E-state index contributed by atoms with van der Waals surface area (Å²) >= 11 is 15.1. The van der Waals surface area contributed by atoms with Crippen molar-refractivity contribution in [3.05, 3.63) is 26.7 Å². The summed E-state index contributed by atoms with van der Waals surface area (Å²) in [5.41, 5.74) is 0. The zero-order chi connectivity index (χ0) is 15.3. The normalized spacial score (nSPS) is 13.4. The van der Waals surface area contributed by atoms with E-state index in [2.05, 4.69) is 20.7 Å². The Labute approximate surface area is 136 Å². The molecule has 1 unspecified atom stereocenters. The molecule has 0 aliphatic rings. The molecule has 1 aromatic carbocycles. The number of aliphatic hydroxyl groups excluding tert-OH is 1. The van der Waals surface area contributed by atoms with Gasteiger partial charge in [-0.05, 0) is 18.6 Å². The van der Waals surface area contributed by atoms with Crippen molar-refractivity contribution >= 4 is 49.2 Å². The summed E-state index contributed by atoms with van der Waals surface area (Å²) in [7, 11) is -2.47. The van der Waals surface area contributed by atoms with Gasteiger partial charge in [-0.25, -0.2) is 13.1 Å². The molecule has 20 heavy (non-hydrogen) atoms. The summed E-state index contributed by atoms with van der Waals surface area (Å²) in [6.07, 6.45) is 0.221. The van der Waals surface area contributed by atoms with Gasteiger partial charge in [-0.3, -0.25) is 0 Å². The molecule has 0 saturated carbocycles. The van der Waals surface area contributed by atoms with Crippen molar-refractivity contribution in [2.45, 2.75) is 17.4 Å². The van der Waals surface area contributed by atoms with Crippen molar-refractivity contribution in [1.29, 1.82) is 0 Å². The van der Waals surface area contributed by atoms with E-state index in [0.29, 0.717) is 4.47 Å². The molecule has 114 valence electrons. The van der Waals surface area contributed by atoms with Gasteiger partial charge in [0.1, 0.15) is 4.90 Å². The molecular formula is C11H14BrCl2NO4S. The van der Waals surface area contributed by atoms with Crippen molar-refractivity contribution in [2.75, 3.05) is 20.3 Å². The van der Waals surface area contributed by atoms with E-state index >= 15 is 0 Å². The van der Waals surface area contributed by atoms with Gasteiger partial charge in [-0.15, -0.1) is 0 Å². The molecule has 0 amide bonds. The van der Waals surface area contributed by atoms with Crippen molar-refractivity contribution in [3.63, 3.8) is 0 Å². The van der Waals surface area contributed by atoms with Crippen LogP contribution in [0.5, 0.6) is 0 Å². The van der Waals surface area contributed by atoms with Crippen molar-refractivity contribution in [3.8, 4) is 0 Å². The molecule has 1 aromatic rings. The molecule has 0 saturated heterocycles. The minimum Gasteiger partial charge on any atom is -0.396 e. The van der Waals surface area contributed by atoms with Crippen LogP contribution in [0.15, 0.2) is 21.5 Å². The Kier molecular flexibility index (Phi) is 7.20. The van der Waals surface area contributed by atoms with E-state index in [1.54, 1.807) is 0 Å². The maximum absolute atomic E-state index is 12.3. The highest BCUT2D eigenvalue weighted by atomic mass is 79.9. The number of nitrogens with one attached hydrogen (secondary N) is 1. The Morgan fingerprint density at radius 3 is 2.40 bits per heavy atom. The highest BCUT2D eigenvalue weighted by Gasteiger charge is 2.25. The van der Waals surface area contributed by atoms with Gasteiger partial charge < -0.3 is 9.84 Å². The zero-order valence-corrected chi connectivity index (χ0v) is 14.5. The highest BCUT2D eigenvalue weighted by Crippen LogP contribution is 2.32. The van der Waals surface area contributed by atoms with Gasteiger partial charge in [-0.1, -0.05) is 39.1 Å². The minimum atomic E-state index is -3.91. The lowest BCUT2D eigenvalue weighted by Gasteiger charge is -2.18. The SMILES string of the molecule is COCC(CCO)NS(=O)(=O)c1c(Cl)cc(Br)cc1Cl. The molecule has 1 rings (SSSR count). The average molecular weight is 407 g/mol. The lowest BCUT2D eigenvalue weighted by Crippen LogP contribution is -2.38. The molecule has 0 spiro atoms. The van der Waals surface area contributed by atoms with Crippen LogP contribution in [0.4, 0.5) is 0 Å². The van der Waals surface area contributed by atoms with Gasteiger partial charge >= 0.3 is 0 Å². The standard InChI is InChI=1S/C11H14BrCl2NO4S/c1-19-6-8(2-3-16)15-20(17,18)11-9(13)4-7(12)5-10(11)14/h4-5,8,15-16H,2-3,6H2,1H3. The van der Waals surface area contributed by atoms with Crippen LogP contribution in [0.1, 0.15) is 6.42 Å². The number of hydrogen-bond acceptors (Lipinski definition) is 4. The number of hydrogen-bond donors (Lipinski definition) is 2. The maximum Gasteiger partial charge on any atom is 0.243 e. The van der Waals surface area contributed by atoms with Gasteiger partial charge in [0, 0.05) is 24.2 Å². The first-order valence-electron chi connectivity index (χ1n) is 5.58. The van der Waals surface area contributed by atoms with E-state index in [1.807, 2.05) is 0 Å². The summed E-state index contributed by atoms with van der Waals surface area (Å²) in [4.78, 5) is -0.192. The first kappa shape index (κ1) is 18.2. The predicted octanol–water partition coefficient (Wildman–Crippen LogP) is 2.43. The van der Waals surface area contributed by atoms with Gasteiger partial charge in [0.15, 0.2) is 0 Å². The predicted molar refractivity (Wildman–Crippen MR) is 81.9 cm³/mol. The van der Waals surface area contributed by atoms with E-state index in [0.717, 1.165) is 0 Å². The summed E-state index contributed by atoms with van der Waals surface area (Å²) in [5.74, 6) is 0. The molecule has 0 aliphatic heterocycles. The third-order valence-corrected chi connectivity index (χ3v) is 5.30. The smallest absolute Gasteiger partial charge is 0.243 e. The van der Waals surface area contributed by atoms with Gasteiger partial charge in [0.25, 0.3) is 0 Å². The number of methoxy groups -OCH3 is 1. The fourth-order valence-electron chi connectivity index (χ4n) is 1.60. The van der Waals surface area contributed by atoms with E-state index in [-0.39, 0.29) is 34.6 Å². The summed E-state index contributed by atoms with van der Waals surface area (Å²) < 4.78 is 32.5. The molecule has 2 N–H and O–H groups in total. The van der Waals surface area contributed by atoms with Crippen LogP contribution >= 0.6 is 39.1 Å². The van der Waals surface area contributed by atoms with Crippen molar-refractivity contribution in [2.24, 2.45) is 0 Å². The molecule has 0 aliphatic carbocycles. The molecule has 0 aromatic heterocycles. The van der Waals surface area contributed by atoms with Gasteiger partial charge in [0.2, 0.25) is 10.0 Å². The molecule has 0 fully saturated rings. The van der Waals surface area contributed by atoms with Crippen molar-refractivity contribution in [1.82, 2.24) is 4.72 Å². The lowest BCUT2D eigenvalue weighted by atomic mass is 10.2. The van der Waals surface area contributed by atoms with E-state index in [1.165, 1.54) is 19.2 Å². The molecule has 0 bridgehead atoms. The van der Waals surface area contributed by atoms with Gasteiger partial charge in [-0.2, -0.15) is 0 Å². The molecule has 0 radical (unpaired) electrons. The molecule has 5 nitrogen and oxygen atoms in total. The van der Waals surface area contributed by atoms with Crippen LogP contribution in [0.2, 0.25) is 10.0 Å². The Balaban J connectivity index is 3.10. The van der Waals surface area contributed by atoms with Crippen molar-refractivity contribution < 1.29 is 18.3 Å². The van der Waals surface area contributed by atoms with Crippen LogP contribution in [-0.4, -0.2) is 39.9 Å². The monoisotopic (exact) mass is 405 g/mol. The third kappa shape index (κ3) is 4.84. The average Bonchev–Trinajstić information content (AvgIpc) is 2.26. The summed E-state index contributed by atoms with van der Waals surface area (Å²) in [5, 5.41) is 8.95. The Morgan fingerprint density at radius 2 is 1.95 bits per heavy atom. The van der Waals surface area contributed by atoms with Crippen LogP contribution in [0, 0.1) is 0 Å². The number of ether oxygens (including phenoxy) is 1. The number of halogens is 3. The molecule has 0 heterocycles. The number of benzene rings is 1. The van der Waals surface area contributed by atoms with E-state index in [9.17, 15) is 8.42 Å². The first-order chi connectivity index (χ1) is 9.31. The second-order valence-electron chi connectivity index (χ2n) is 3.98. The highest BCUT2D eigenvalue weighted by molar-refractivity contribution is 9.10. The Bertz CT molecular complexity index is 539. The minimum absolute atomic E-state index is 0.0111. The van der Waals surface area contributed by atoms with Crippen LogP contribution < -0.4 is 4.72 Å². The second kappa shape index (κ2) is 7.93. The maximum atomic E-state index is 12.3. The molecular weight excluding hydrogens is 393 g/mol. The fraction of sp³-hybridized carbons (Fsp3) is 0.455. The summed E-state index contributed by atoms with van der Waals surface area (Å²) in [6, 6.07) is 2.32. The summed E-state index contributed by atoms with van der Waals surface area (Å²) in [6.45, 7) is -0.0378.